The Morgan fingerprint density at radius 1 is 1.00 bits per heavy atom. The predicted molar refractivity (Wildman–Crippen MR) is 41.7 cm³/mol. The normalized spacial score (nSPS) is 11.6. The van der Waals surface area contributed by atoms with Gasteiger partial charge in [-0.25, -0.2) is 9.97 Å². The Hall–Kier alpha value is -1.64. The molecule has 0 saturated heterocycles. The molecule has 3 nitrogen and oxygen atoms in total. The van der Waals surface area contributed by atoms with E-state index in [1.807, 2.05) is 35.0 Å². The van der Waals surface area contributed by atoms with E-state index in [1.54, 1.807) is 0 Å². The van der Waals surface area contributed by atoms with Crippen molar-refractivity contribution in [1.82, 2.24) is 14.4 Å². The van der Waals surface area contributed by atoms with Crippen molar-refractivity contribution in [1.29, 1.82) is 0 Å². The van der Waals surface area contributed by atoms with Crippen molar-refractivity contribution < 1.29 is 0 Å². The van der Waals surface area contributed by atoms with E-state index in [0.717, 1.165) is 16.8 Å². The third-order valence-electron chi connectivity index (χ3n) is 1.87. The van der Waals surface area contributed by atoms with Crippen molar-refractivity contribution in [2.75, 3.05) is 0 Å². The van der Waals surface area contributed by atoms with Crippen LogP contribution in [0.1, 0.15) is 0 Å². The SMILES string of the molecule is c1cc2ncc3cnc(c1)n32. The predicted octanol–water partition coefficient (Wildman–Crippen LogP) is 1.32. The van der Waals surface area contributed by atoms with Gasteiger partial charge in [-0.2, -0.15) is 0 Å². The van der Waals surface area contributed by atoms with Crippen LogP contribution in [-0.4, -0.2) is 14.4 Å². The Morgan fingerprint density at radius 3 is 2.27 bits per heavy atom. The number of pyridine rings is 1. The van der Waals surface area contributed by atoms with Crippen LogP contribution in [0.25, 0.3) is 16.8 Å². The molecule has 0 bridgehead atoms. The monoisotopic (exact) mass is 143 g/mol. The molecule has 3 heteroatoms. The number of aromatic nitrogens is 3. The molecule has 3 rings (SSSR count). The van der Waals surface area contributed by atoms with Gasteiger partial charge in [-0.15, -0.1) is 0 Å². The van der Waals surface area contributed by atoms with Crippen molar-refractivity contribution in [3.8, 4) is 0 Å². The Bertz CT molecular complexity index is 446. The van der Waals surface area contributed by atoms with Crippen LogP contribution in [0, 0.1) is 0 Å². The average Bonchev–Trinajstić information content (AvgIpc) is 2.60. The van der Waals surface area contributed by atoms with Gasteiger partial charge in [0.05, 0.1) is 17.9 Å². The molecular formula is C8H5N3. The van der Waals surface area contributed by atoms with E-state index in [-0.39, 0.29) is 0 Å². The van der Waals surface area contributed by atoms with Gasteiger partial charge >= 0.3 is 0 Å². The van der Waals surface area contributed by atoms with E-state index in [9.17, 15) is 0 Å². The van der Waals surface area contributed by atoms with Crippen molar-refractivity contribution >= 4 is 16.8 Å². The molecule has 0 aliphatic rings. The lowest BCUT2D eigenvalue weighted by Crippen LogP contribution is -1.81. The smallest absolute Gasteiger partial charge is 0.138 e. The number of rotatable bonds is 0. The second-order valence-corrected chi connectivity index (χ2v) is 2.52. The van der Waals surface area contributed by atoms with Gasteiger partial charge < -0.3 is 0 Å². The molecule has 3 aromatic heterocycles. The summed E-state index contributed by atoms with van der Waals surface area (Å²) in [5.74, 6) is 0. The number of nitrogens with zero attached hydrogens (tertiary/aromatic N) is 3. The van der Waals surface area contributed by atoms with Crippen LogP contribution >= 0.6 is 0 Å². The summed E-state index contributed by atoms with van der Waals surface area (Å²) in [5.41, 5.74) is 3.00. The molecule has 0 unspecified atom stereocenters. The molecular weight excluding hydrogens is 138 g/mol. The van der Waals surface area contributed by atoms with Crippen LogP contribution in [0.5, 0.6) is 0 Å². The van der Waals surface area contributed by atoms with Gasteiger partial charge in [0, 0.05) is 0 Å². The number of hydrogen-bond acceptors (Lipinski definition) is 2. The Morgan fingerprint density at radius 2 is 1.64 bits per heavy atom. The topological polar surface area (TPSA) is 30.2 Å². The minimum Gasteiger partial charge on any atom is -0.276 e. The third-order valence-corrected chi connectivity index (χ3v) is 1.87. The lowest BCUT2D eigenvalue weighted by molar-refractivity contribution is 1.27. The molecule has 0 N–H and O–H groups in total. The second-order valence-electron chi connectivity index (χ2n) is 2.52. The van der Waals surface area contributed by atoms with Crippen molar-refractivity contribution in [3.63, 3.8) is 0 Å². The summed E-state index contributed by atoms with van der Waals surface area (Å²) in [6.45, 7) is 0. The maximum Gasteiger partial charge on any atom is 0.138 e. The van der Waals surface area contributed by atoms with Crippen molar-refractivity contribution in [3.05, 3.63) is 30.6 Å². The van der Waals surface area contributed by atoms with E-state index < -0.39 is 0 Å². The third kappa shape index (κ3) is 0.487. The molecule has 0 saturated carbocycles. The molecule has 52 valence electrons. The molecule has 0 spiro atoms. The van der Waals surface area contributed by atoms with Gasteiger partial charge in [-0.05, 0) is 12.1 Å². The summed E-state index contributed by atoms with van der Waals surface area (Å²) >= 11 is 0. The standard InChI is InChI=1S/C8H5N3/c1-2-7-9-4-6-5-10-8(3-1)11(6)7/h1-5H. The molecule has 0 amide bonds. The first kappa shape index (κ1) is 5.07. The molecule has 0 atom stereocenters. The summed E-state index contributed by atoms with van der Waals surface area (Å²) < 4.78 is 2.03. The summed E-state index contributed by atoms with van der Waals surface area (Å²) in [6, 6.07) is 5.91. The summed E-state index contributed by atoms with van der Waals surface area (Å²) in [4.78, 5) is 8.40. The highest BCUT2D eigenvalue weighted by atomic mass is 15.1. The van der Waals surface area contributed by atoms with Gasteiger partial charge in [0.15, 0.2) is 0 Å². The molecule has 3 heterocycles. The van der Waals surface area contributed by atoms with Crippen LogP contribution < -0.4 is 0 Å². The minimum atomic E-state index is 0.968. The van der Waals surface area contributed by atoms with Crippen molar-refractivity contribution in [2.24, 2.45) is 0 Å². The fraction of sp³-hybridized carbons (Fsp3) is 0. The zero-order valence-corrected chi connectivity index (χ0v) is 5.73. The molecule has 0 radical (unpaired) electrons. The summed E-state index contributed by atoms with van der Waals surface area (Å²) in [7, 11) is 0. The maximum absolute atomic E-state index is 4.20. The van der Waals surface area contributed by atoms with Gasteiger partial charge in [-0.3, -0.25) is 4.40 Å². The molecule has 0 aliphatic heterocycles. The van der Waals surface area contributed by atoms with Crippen LogP contribution in [0.3, 0.4) is 0 Å². The van der Waals surface area contributed by atoms with Gasteiger partial charge in [-0.1, -0.05) is 6.07 Å². The zero-order valence-electron chi connectivity index (χ0n) is 5.73. The molecule has 0 aliphatic carbocycles. The molecule has 3 aromatic rings. The highest BCUT2D eigenvalue weighted by Crippen LogP contribution is 2.12. The Kier molecular flexibility index (Phi) is 0.692. The van der Waals surface area contributed by atoms with Crippen LogP contribution in [0.15, 0.2) is 30.6 Å². The highest BCUT2D eigenvalue weighted by molar-refractivity contribution is 5.65. The highest BCUT2D eigenvalue weighted by Gasteiger charge is 2.02. The van der Waals surface area contributed by atoms with Gasteiger partial charge in [0.2, 0.25) is 0 Å². The van der Waals surface area contributed by atoms with E-state index in [4.69, 9.17) is 0 Å². The summed E-state index contributed by atoms with van der Waals surface area (Å²) in [6.07, 6.45) is 3.66. The maximum atomic E-state index is 4.20. The van der Waals surface area contributed by atoms with Crippen LogP contribution in [-0.2, 0) is 0 Å². The largest absolute Gasteiger partial charge is 0.276 e. The first-order chi connectivity index (χ1) is 5.45. The van der Waals surface area contributed by atoms with Crippen molar-refractivity contribution in [2.45, 2.75) is 0 Å². The minimum absolute atomic E-state index is 0.968. The van der Waals surface area contributed by atoms with E-state index >= 15 is 0 Å². The fourth-order valence-electron chi connectivity index (χ4n) is 1.37. The number of imidazole rings is 2. The Labute approximate surface area is 62.6 Å². The number of hydrogen-bond donors (Lipinski definition) is 0. The van der Waals surface area contributed by atoms with Crippen LogP contribution in [0.2, 0.25) is 0 Å². The fourth-order valence-corrected chi connectivity index (χ4v) is 1.37. The van der Waals surface area contributed by atoms with E-state index in [1.165, 1.54) is 0 Å². The quantitative estimate of drug-likeness (QED) is 0.475. The summed E-state index contributed by atoms with van der Waals surface area (Å²) in [5, 5.41) is 0. The first-order valence-electron chi connectivity index (χ1n) is 3.46. The van der Waals surface area contributed by atoms with E-state index in [2.05, 4.69) is 9.97 Å². The average molecular weight is 143 g/mol. The first-order valence-corrected chi connectivity index (χ1v) is 3.46. The lowest BCUT2D eigenvalue weighted by Gasteiger charge is -1.89. The zero-order chi connectivity index (χ0) is 7.26. The second kappa shape index (κ2) is 1.50. The van der Waals surface area contributed by atoms with E-state index in [0.29, 0.717) is 0 Å². The van der Waals surface area contributed by atoms with Crippen LogP contribution in [0.4, 0.5) is 0 Å². The van der Waals surface area contributed by atoms with Gasteiger partial charge in [0.1, 0.15) is 11.3 Å². The molecule has 0 aromatic carbocycles. The van der Waals surface area contributed by atoms with Gasteiger partial charge in [0.25, 0.3) is 0 Å². The molecule has 0 fully saturated rings. The lowest BCUT2D eigenvalue weighted by atomic mass is 10.5. The Balaban J connectivity index is 2.83. The molecule has 11 heavy (non-hydrogen) atoms.